The highest BCUT2D eigenvalue weighted by Crippen LogP contribution is 2.35. The fraction of sp³-hybridized carbons (Fsp3) is 0.500. The summed E-state index contributed by atoms with van der Waals surface area (Å²) in [5, 5.41) is 15.8. The van der Waals surface area contributed by atoms with E-state index in [2.05, 4.69) is 17.0 Å². The third kappa shape index (κ3) is 7.80. The Kier molecular flexibility index (Phi) is 9.44. The summed E-state index contributed by atoms with van der Waals surface area (Å²) in [7, 11) is 3.53. The molecule has 1 fully saturated rings. The Morgan fingerprint density at radius 3 is 2.58 bits per heavy atom. The van der Waals surface area contributed by atoms with Gasteiger partial charge in [-0.15, -0.1) is 0 Å². The predicted octanol–water partition coefficient (Wildman–Crippen LogP) is 5.05. The van der Waals surface area contributed by atoms with E-state index in [0.29, 0.717) is 31.3 Å². The average Bonchev–Trinajstić information content (AvgIpc) is 3.51. The van der Waals surface area contributed by atoms with E-state index in [4.69, 9.17) is 24.0 Å². The van der Waals surface area contributed by atoms with E-state index in [-0.39, 0.29) is 18.3 Å². The molecule has 0 bridgehead atoms. The molecule has 0 saturated carbocycles. The molecule has 0 unspecified atom stereocenters. The molecule has 2 heterocycles. The number of aryl methyl sites for hydroxylation is 1. The van der Waals surface area contributed by atoms with Crippen molar-refractivity contribution >= 4 is 0 Å². The molecule has 8 heteroatoms. The molecule has 206 valence electrons. The van der Waals surface area contributed by atoms with Crippen LogP contribution >= 0.6 is 0 Å². The summed E-state index contributed by atoms with van der Waals surface area (Å²) in [5.74, 6) is 2.03. The third-order valence-corrected chi connectivity index (χ3v) is 6.44. The van der Waals surface area contributed by atoms with Crippen LogP contribution in [0.25, 0.3) is 11.3 Å². The van der Waals surface area contributed by atoms with Crippen LogP contribution in [0.15, 0.2) is 54.6 Å². The summed E-state index contributed by atoms with van der Waals surface area (Å²) in [6, 6.07) is 17.7. The van der Waals surface area contributed by atoms with Gasteiger partial charge >= 0.3 is 0 Å². The van der Waals surface area contributed by atoms with E-state index in [9.17, 15) is 5.11 Å². The van der Waals surface area contributed by atoms with Gasteiger partial charge in [-0.3, -0.25) is 4.90 Å². The molecule has 1 aromatic heterocycles. The lowest BCUT2D eigenvalue weighted by atomic mass is 10.1. The molecule has 0 amide bonds. The Morgan fingerprint density at radius 2 is 1.89 bits per heavy atom. The van der Waals surface area contributed by atoms with E-state index in [0.717, 1.165) is 42.0 Å². The third-order valence-electron chi connectivity index (χ3n) is 6.44. The van der Waals surface area contributed by atoms with Crippen LogP contribution in [0.1, 0.15) is 39.2 Å². The van der Waals surface area contributed by atoms with Gasteiger partial charge in [0.25, 0.3) is 0 Å². The van der Waals surface area contributed by atoms with Crippen LogP contribution < -0.4 is 9.47 Å². The van der Waals surface area contributed by atoms with Crippen molar-refractivity contribution in [2.45, 2.75) is 58.0 Å². The molecule has 3 aromatic rings. The number of benzene rings is 2. The van der Waals surface area contributed by atoms with Crippen molar-refractivity contribution in [2.24, 2.45) is 7.05 Å². The molecule has 1 saturated heterocycles. The number of aliphatic hydroxyl groups excluding tert-OH is 1. The number of ether oxygens (including phenoxy) is 4. The van der Waals surface area contributed by atoms with Gasteiger partial charge in [-0.1, -0.05) is 36.4 Å². The Hall–Kier alpha value is -2.91. The fourth-order valence-electron chi connectivity index (χ4n) is 4.63. The molecule has 1 aliphatic rings. The summed E-state index contributed by atoms with van der Waals surface area (Å²) in [5.41, 5.74) is 2.49. The molecule has 4 rings (SSSR count). The van der Waals surface area contributed by atoms with Crippen molar-refractivity contribution in [3.8, 4) is 28.6 Å². The molecule has 8 nitrogen and oxygen atoms in total. The highest BCUT2D eigenvalue weighted by atomic mass is 16.5. The summed E-state index contributed by atoms with van der Waals surface area (Å²) < 4.78 is 25.4. The minimum atomic E-state index is -0.643. The standard InChI is InChI=1S/C30H41N3O5/c1-30(2,3)37-21-23(34)18-33(19-26-15-10-16-36-26)20-27-28(22-11-7-6-8-12-22)31-32(4)29(27)38-25-14-9-13-24(17-25)35-5/h6-9,11-14,17,23,26,34H,10,15-16,18-21H2,1-5H3/t23-,26-/m1/s1. The van der Waals surface area contributed by atoms with Crippen LogP contribution in [0.2, 0.25) is 0 Å². The zero-order valence-corrected chi connectivity index (χ0v) is 23.2. The van der Waals surface area contributed by atoms with E-state index in [1.807, 2.05) is 70.3 Å². The average molecular weight is 524 g/mol. The summed E-state index contributed by atoms with van der Waals surface area (Å²) >= 11 is 0. The molecular weight excluding hydrogens is 482 g/mol. The smallest absolute Gasteiger partial charge is 0.222 e. The topological polar surface area (TPSA) is 78.2 Å². The molecule has 2 atom stereocenters. The number of rotatable bonds is 12. The van der Waals surface area contributed by atoms with Gasteiger partial charge in [-0.25, -0.2) is 4.68 Å². The first-order chi connectivity index (χ1) is 18.2. The van der Waals surface area contributed by atoms with Gasteiger partial charge in [0, 0.05) is 44.9 Å². The number of hydrogen-bond donors (Lipinski definition) is 1. The first kappa shape index (κ1) is 28.1. The van der Waals surface area contributed by atoms with Crippen molar-refractivity contribution in [1.82, 2.24) is 14.7 Å². The maximum absolute atomic E-state index is 10.9. The van der Waals surface area contributed by atoms with Crippen molar-refractivity contribution < 1.29 is 24.1 Å². The Bertz CT molecular complexity index is 1150. The molecular formula is C30H41N3O5. The number of nitrogens with zero attached hydrogens (tertiary/aromatic N) is 3. The fourth-order valence-corrected chi connectivity index (χ4v) is 4.63. The number of aromatic nitrogens is 2. The van der Waals surface area contributed by atoms with Crippen molar-refractivity contribution in [2.75, 3.05) is 33.4 Å². The molecule has 0 spiro atoms. The lowest BCUT2D eigenvalue weighted by Gasteiger charge is -2.29. The summed E-state index contributed by atoms with van der Waals surface area (Å²) in [6.45, 7) is 8.70. The largest absolute Gasteiger partial charge is 0.497 e. The van der Waals surface area contributed by atoms with E-state index in [1.165, 1.54) is 0 Å². The van der Waals surface area contributed by atoms with Gasteiger partial charge in [0.2, 0.25) is 5.88 Å². The quantitative estimate of drug-likeness (QED) is 0.356. The molecule has 1 N–H and O–H groups in total. The van der Waals surface area contributed by atoms with Gasteiger partial charge in [0.05, 0.1) is 37.1 Å². The second kappa shape index (κ2) is 12.8. The lowest BCUT2D eigenvalue weighted by Crippen LogP contribution is -2.40. The second-order valence-electron chi connectivity index (χ2n) is 10.8. The van der Waals surface area contributed by atoms with Crippen LogP contribution in [0.3, 0.4) is 0 Å². The lowest BCUT2D eigenvalue weighted by molar-refractivity contribution is -0.0594. The maximum Gasteiger partial charge on any atom is 0.222 e. The molecule has 2 aromatic carbocycles. The van der Waals surface area contributed by atoms with E-state index in [1.54, 1.807) is 11.8 Å². The number of hydrogen-bond acceptors (Lipinski definition) is 7. The Labute approximate surface area is 226 Å². The first-order valence-electron chi connectivity index (χ1n) is 13.3. The van der Waals surface area contributed by atoms with Crippen molar-refractivity contribution in [1.29, 1.82) is 0 Å². The van der Waals surface area contributed by atoms with Crippen molar-refractivity contribution in [3.63, 3.8) is 0 Å². The van der Waals surface area contributed by atoms with Crippen LogP contribution in [0.5, 0.6) is 17.4 Å². The zero-order chi connectivity index (χ0) is 27.1. The van der Waals surface area contributed by atoms with Gasteiger partial charge in [-0.05, 0) is 45.7 Å². The monoisotopic (exact) mass is 523 g/mol. The maximum atomic E-state index is 10.9. The Morgan fingerprint density at radius 1 is 1.13 bits per heavy atom. The van der Waals surface area contributed by atoms with Crippen LogP contribution in [0.4, 0.5) is 0 Å². The molecule has 38 heavy (non-hydrogen) atoms. The van der Waals surface area contributed by atoms with Gasteiger partial charge in [0.15, 0.2) is 0 Å². The van der Waals surface area contributed by atoms with Crippen LogP contribution in [-0.4, -0.2) is 71.0 Å². The molecule has 1 aliphatic heterocycles. The summed E-state index contributed by atoms with van der Waals surface area (Å²) in [4.78, 5) is 2.23. The number of aliphatic hydroxyl groups is 1. The van der Waals surface area contributed by atoms with E-state index < -0.39 is 6.10 Å². The van der Waals surface area contributed by atoms with Crippen LogP contribution in [-0.2, 0) is 23.1 Å². The highest BCUT2D eigenvalue weighted by Gasteiger charge is 2.27. The van der Waals surface area contributed by atoms with E-state index >= 15 is 0 Å². The first-order valence-corrected chi connectivity index (χ1v) is 13.3. The molecule has 0 radical (unpaired) electrons. The molecule has 0 aliphatic carbocycles. The minimum absolute atomic E-state index is 0.130. The minimum Gasteiger partial charge on any atom is -0.497 e. The van der Waals surface area contributed by atoms with Gasteiger partial charge in [-0.2, -0.15) is 5.10 Å². The van der Waals surface area contributed by atoms with Crippen molar-refractivity contribution in [3.05, 3.63) is 60.2 Å². The summed E-state index contributed by atoms with van der Waals surface area (Å²) in [6.07, 6.45) is 1.55. The number of methoxy groups -OCH3 is 1. The van der Waals surface area contributed by atoms with Crippen LogP contribution in [0, 0.1) is 0 Å². The van der Waals surface area contributed by atoms with Gasteiger partial charge in [0.1, 0.15) is 17.2 Å². The SMILES string of the molecule is COc1cccc(Oc2c(CN(C[C@@H](O)COC(C)(C)C)C[C@H]3CCCO3)c(-c3ccccc3)nn2C)c1. The van der Waals surface area contributed by atoms with Gasteiger partial charge < -0.3 is 24.1 Å². The Balaban J connectivity index is 1.66. The second-order valence-corrected chi connectivity index (χ2v) is 10.8. The normalized spacial score (nSPS) is 16.7. The highest BCUT2D eigenvalue weighted by molar-refractivity contribution is 5.65. The predicted molar refractivity (Wildman–Crippen MR) is 148 cm³/mol. The zero-order valence-electron chi connectivity index (χ0n) is 23.2.